The number of nitrogens with one attached hydrogen (secondary N) is 1. The van der Waals surface area contributed by atoms with Crippen LogP contribution >= 0.6 is 11.6 Å². The minimum atomic E-state index is 0.171. The average Bonchev–Trinajstić information content (AvgIpc) is 2.34. The molecule has 17 heavy (non-hydrogen) atoms. The minimum absolute atomic E-state index is 0.171. The zero-order valence-corrected chi connectivity index (χ0v) is 11.2. The first kappa shape index (κ1) is 13.9. The lowest BCUT2D eigenvalue weighted by atomic mass is 10.0. The zero-order valence-electron chi connectivity index (χ0n) is 10.4. The summed E-state index contributed by atoms with van der Waals surface area (Å²) in [6, 6.07) is 3.98. The molecule has 0 bridgehead atoms. The molecule has 0 fully saturated rings. The number of ether oxygens (including phenoxy) is 2. The maximum Gasteiger partial charge on any atom is 0.179 e. The molecule has 4 heteroatoms. The molecule has 1 aromatic rings. The maximum absolute atomic E-state index is 6.16. The summed E-state index contributed by atoms with van der Waals surface area (Å²) in [5.41, 5.74) is 1.05. The van der Waals surface area contributed by atoms with Crippen LogP contribution in [-0.2, 0) is 0 Å². The van der Waals surface area contributed by atoms with E-state index in [2.05, 4.69) is 11.9 Å². The van der Waals surface area contributed by atoms with Crippen molar-refractivity contribution in [2.45, 2.75) is 12.5 Å². The van der Waals surface area contributed by atoms with Gasteiger partial charge in [0, 0.05) is 6.04 Å². The van der Waals surface area contributed by atoms with Crippen molar-refractivity contribution in [1.29, 1.82) is 0 Å². The van der Waals surface area contributed by atoms with Gasteiger partial charge in [-0.05, 0) is 31.2 Å². The van der Waals surface area contributed by atoms with Crippen LogP contribution in [0.4, 0.5) is 0 Å². The van der Waals surface area contributed by atoms with Gasteiger partial charge in [0.05, 0.1) is 19.2 Å². The molecule has 1 aromatic carbocycles. The second-order valence-corrected chi connectivity index (χ2v) is 4.01. The minimum Gasteiger partial charge on any atom is -0.493 e. The van der Waals surface area contributed by atoms with Crippen LogP contribution in [0.3, 0.4) is 0 Å². The lowest BCUT2D eigenvalue weighted by Gasteiger charge is -2.18. The van der Waals surface area contributed by atoms with Crippen molar-refractivity contribution in [2.24, 2.45) is 0 Å². The van der Waals surface area contributed by atoms with Crippen LogP contribution in [0.25, 0.3) is 0 Å². The van der Waals surface area contributed by atoms with Gasteiger partial charge in [-0.25, -0.2) is 0 Å². The lowest BCUT2D eigenvalue weighted by molar-refractivity contribution is 0.354. The highest BCUT2D eigenvalue weighted by atomic mass is 35.5. The molecule has 0 amide bonds. The fourth-order valence-corrected chi connectivity index (χ4v) is 2.02. The van der Waals surface area contributed by atoms with Gasteiger partial charge in [-0.1, -0.05) is 17.7 Å². The van der Waals surface area contributed by atoms with Crippen LogP contribution in [0.1, 0.15) is 18.0 Å². The molecular weight excluding hydrogens is 238 g/mol. The van der Waals surface area contributed by atoms with Crippen molar-refractivity contribution >= 4 is 11.6 Å². The van der Waals surface area contributed by atoms with Crippen molar-refractivity contribution in [2.75, 3.05) is 21.3 Å². The van der Waals surface area contributed by atoms with Crippen molar-refractivity contribution in [1.82, 2.24) is 5.32 Å². The molecular formula is C13H18ClNO2. The molecule has 0 heterocycles. The quantitative estimate of drug-likeness (QED) is 0.792. The smallest absolute Gasteiger partial charge is 0.179 e. The molecule has 0 saturated heterocycles. The Labute approximate surface area is 107 Å². The van der Waals surface area contributed by atoms with E-state index in [1.165, 1.54) is 0 Å². The van der Waals surface area contributed by atoms with E-state index < -0.39 is 0 Å². The fourth-order valence-electron chi connectivity index (χ4n) is 1.73. The van der Waals surface area contributed by atoms with E-state index in [9.17, 15) is 0 Å². The second-order valence-electron chi connectivity index (χ2n) is 3.60. The van der Waals surface area contributed by atoms with Crippen LogP contribution in [0.5, 0.6) is 11.5 Å². The van der Waals surface area contributed by atoms with Crippen LogP contribution in [0.2, 0.25) is 5.02 Å². The van der Waals surface area contributed by atoms with Crippen LogP contribution in [-0.4, -0.2) is 21.3 Å². The van der Waals surface area contributed by atoms with Gasteiger partial charge in [0.25, 0.3) is 0 Å². The highest BCUT2D eigenvalue weighted by Gasteiger charge is 2.15. The Balaban J connectivity index is 3.17. The van der Waals surface area contributed by atoms with Gasteiger partial charge in [-0.15, -0.1) is 6.58 Å². The van der Waals surface area contributed by atoms with E-state index in [0.717, 1.165) is 12.0 Å². The summed E-state index contributed by atoms with van der Waals surface area (Å²) in [7, 11) is 5.07. The Morgan fingerprint density at radius 3 is 2.59 bits per heavy atom. The van der Waals surface area contributed by atoms with Gasteiger partial charge in [0.15, 0.2) is 11.5 Å². The van der Waals surface area contributed by atoms with E-state index in [4.69, 9.17) is 21.1 Å². The molecule has 3 nitrogen and oxygen atoms in total. The molecule has 0 aliphatic rings. The highest BCUT2D eigenvalue weighted by molar-refractivity contribution is 6.32. The predicted octanol–water partition coefficient (Wildman–Crippen LogP) is 3.19. The molecule has 1 N–H and O–H groups in total. The molecule has 0 radical (unpaired) electrons. The summed E-state index contributed by atoms with van der Waals surface area (Å²) < 4.78 is 10.5. The molecule has 1 atom stereocenters. The number of rotatable bonds is 6. The van der Waals surface area contributed by atoms with E-state index >= 15 is 0 Å². The number of benzene rings is 1. The Hall–Kier alpha value is -1.19. The highest BCUT2D eigenvalue weighted by Crippen LogP contribution is 2.38. The maximum atomic E-state index is 6.16. The largest absolute Gasteiger partial charge is 0.493 e. The number of methoxy groups -OCH3 is 2. The van der Waals surface area contributed by atoms with Gasteiger partial charge in [0.2, 0.25) is 0 Å². The van der Waals surface area contributed by atoms with E-state index in [1.807, 2.05) is 25.3 Å². The van der Waals surface area contributed by atoms with Crippen LogP contribution in [0, 0.1) is 0 Å². The molecule has 94 valence electrons. The number of hydrogen-bond acceptors (Lipinski definition) is 3. The Kier molecular flexibility index (Phi) is 5.32. The summed E-state index contributed by atoms with van der Waals surface area (Å²) in [5, 5.41) is 3.76. The van der Waals surface area contributed by atoms with Gasteiger partial charge >= 0.3 is 0 Å². The van der Waals surface area contributed by atoms with Gasteiger partial charge < -0.3 is 14.8 Å². The lowest BCUT2D eigenvalue weighted by Crippen LogP contribution is -2.15. The number of hydrogen-bond donors (Lipinski definition) is 1. The zero-order chi connectivity index (χ0) is 12.8. The molecule has 0 aliphatic carbocycles. The van der Waals surface area contributed by atoms with Crippen LogP contribution < -0.4 is 14.8 Å². The first-order valence-electron chi connectivity index (χ1n) is 5.37. The Morgan fingerprint density at radius 2 is 2.12 bits per heavy atom. The van der Waals surface area contributed by atoms with Crippen molar-refractivity contribution in [3.05, 3.63) is 35.4 Å². The molecule has 1 unspecified atom stereocenters. The predicted molar refractivity (Wildman–Crippen MR) is 71.2 cm³/mol. The van der Waals surface area contributed by atoms with Crippen molar-refractivity contribution in [3.63, 3.8) is 0 Å². The first-order chi connectivity index (χ1) is 8.17. The monoisotopic (exact) mass is 255 g/mol. The molecule has 0 aliphatic heterocycles. The number of halogens is 1. The summed E-state index contributed by atoms with van der Waals surface area (Å²) in [6.07, 6.45) is 2.69. The summed E-state index contributed by atoms with van der Waals surface area (Å²) in [5.74, 6) is 1.20. The van der Waals surface area contributed by atoms with E-state index in [1.54, 1.807) is 14.2 Å². The molecule has 0 aromatic heterocycles. The van der Waals surface area contributed by atoms with E-state index in [0.29, 0.717) is 16.5 Å². The third-order valence-electron chi connectivity index (χ3n) is 2.61. The topological polar surface area (TPSA) is 30.5 Å². The first-order valence-corrected chi connectivity index (χ1v) is 5.75. The Morgan fingerprint density at radius 1 is 1.41 bits per heavy atom. The van der Waals surface area contributed by atoms with Crippen molar-refractivity contribution in [3.8, 4) is 11.5 Å². The second kappa shape index (κ2) is 6.52. The molecule has 1 rings (SSSR count). The molecule has 0 spiro atoms. The normalized spacial score (nSPS) is 12.0. The Bertz CT molecular complexity index is 393. The summed E-state index contributed by atoms with van der Waals surface area (Å²) in [6.45, 7) is 3.74. The third-order valence-corrected chi connectivity index (χ3v) is 2.89. The fraction of sp³-hybridized carbons (Fsp3) is 0.385. The standard InChI is InChI=1S/C13H18ClNO2/c1-5-6-11(15-2)9-7-10(14)13(17-4)12(8-9)16-3/h5,7-8,11,15H,1,6H2,2-4H3. The van der Waals surface area contributed by atoms with E-state index in [-0.39, 0.29) is 6.04 Å². The summed E-state index contributed by atoms with van der Waals surface area (Å²) in [4.78, 5) is 0. The van der Waals surface area contributed by atoms with Gasteiger partial charge in [-0.2, -0.15) is 0 Å². The SMILES string of the molecule is C=CCC(NC)c1cc(Cl)c(OC)c(OC)c1. The van der Waals surface area contributed by atoms with Gasteiger partial charge in [0.1, 0.15) is 0 Å². The summed E-state index contributed by atoms with van der Waals surface area (Å²) >= 11 is 6.16. The molecule has 0 saturated carbocycles. The third kappa shape index (κ3) is 3.14. The average molecular weight is 256 g/mol. The van der Waals surface area contributed by atoms with Crippen molar-refractivity contribution < 1.29 is 9.47 Å². The van der Waals surface area contributed by atoms with Gasteiger partial charge in [-0.3, -0.25) is 0 Å². The van der Waals surface area contributed by atoms with Crippen LogP contribution in [0.15, 0.2) is 24.8 Å².